The lowest BCUT2D eigenvalue weighted by Crippen LogP contribution is -2.47. The maximum Gasteiger partial charge on any atom is 0.244 e. The highest BCUT2D eigenvalue weighted by atomic mass is 16.5. The van der Waals surface area contributed by atoms with Crippen molar-refractivity contribution in [3.8, 4) is 5.75 Å². The number of hydrogen-bond donors (Lipinski definition) is 2. The first-order valence-electron chi connectivity index (χ1n) is 6.98. The van der Waals surface area contributed by atoms with Gasteiger partial charge in [0.2, 0.25) is 5.91 Å². The van der Waals surface area contributed by atoms with Gasteiger partial charge in [-0.15, -0.1) is 0 Å². The Balaban J connectivity index is 1.91. The van der Waals surface area contributed by atoms with Gasteiger partial charge in [0.25, 0.3) is 0 Å². The second-order valence-corrected chi connectivity index (χ2v) is 5.16. The van der Waals surface area contributed by atoms with Crippen LogP contribution in [0.1, 0.15) is 18.9 Å². The molecule has 0 aromatic heterocycles. The Morgan fingerprint density at radius 3 is 3.00 bits per heavy atom. The van der Waals surface area contributed by atoms with E-state index in [2.05, 4.69) is 5.32 Å². The van der Waals surface area contributed by atoms with Crippen molar-refractivity contribution in [2.75, 3.05) is 20.3 Å². The van der Waals surface area contributed by atoms with Gasteiger partial charge in [-0.25, -0.2) is 0 Å². The van der Waals surface area contributed by atoms with E-state index in [0.29, 0.717) is 18.8 Å². The van der Waals surface area contributed by atoms with E-state index in [1.54, 1.807) is 13.2 Å². The molecule has 1 aliphatic heterocycles. The molecule has 1 fully saturated rings. The summed E-state index contributed by atoms with van der Waals surface area (Å²) >= 11 is 0. The summed E-state index contributed by atoms with van der Waals surface area (Å²) < 4.78 is 10.5. The van der Waals surface area contributed by atoms with E-state index in [1.165, 1.54) is 6.08 Å². The monoisotopic (exact) mass is 291 g/mol. The average Bonchev–Trinajstić information content (AvgIpc) is 2.83. The van der Waals surface area contributed by atoms with Gasteiger partial charge < -0.3 is 19.9 Å². The van der Waals surface area contributed by atoms with Crippen LogP contribution in [-0.4, -0.2) is 43.0 Å². The molecule has 5 heteroatoms. The molecule has 1 saturated heterocycles. The summed E-state index contributed by atoms with van der Waals surface area (Å²) in [6.45, 7) is 2.51. The van der Waals surface area contributed by atoms with E-state index >= 15 is 0 Å². The Bertz CT molecular complexity index is 529. The molecule has 2 unspecified atom stereocenters. The number of amides is 1. The van der Waals surface area contributed by atoms with E-state index in [4.69, 9.17) is 9.47 Å². The van der Waals surface area contributed by atoms with E-state index < -0.39 is 5.60 Å². The summed E-state index contributed by atoms with van der Waals surface area (Å²) in [6.07, 6.45) is 3.38. The number of rotatable bonds is 5. The minimum absolute atomic E-state index is 0.184. The van der Waals surface area contributed by atoms with E-state index in [0.717, 1.165) is 5.56 Å². The Kier molecular flexibility index (Phi) is 4.98. The van der Waals surface area contributed by atoms with Crippen LogP contribution in [0.2, 0.25) is 0 Å². The smallest absolute Gasteiger partial charge is 0.244 e. The van der Waals surface area contributed by atoms with E-state index in [-0.39, 0.29) is 18.6 Å². The summed E-state index contributed by atoms with van der Waals surface area (Å²) in [4.78, 5) is 11.8. The fourth-order valence-corrected chi connectivity index (χ4v) is 2.27. The molecule has 1 amide bonds. The van der Waals surface area contributed by atoms with E-state index in [9.17, 15) is 9.90 Å². The topological polar surface area (TPSA) is 67.8 Å². The van der Waals surface area contributed by atoms with Crippen LogP contribution in [0.3, 0.4) is 0 Å². The van der Waals surface area contributed by atoms with Crippen LogP contribution in [0.15, 0.2) is 30.3 Å². The van der Waals surface area contributed by atoms with Crippen LogP contribution in [0.4, 0.5) is 0 Å². The number of aliphatic hydroxyl groups is 1. The van der Waals surface area contributed by atoms with E-state index in [1.807, 2.05) is 31.2 Å². The minimum Gasteiger partial charge on any atom is -0.496 e. The van der Waals surface area contributed by atoms with Crippen molar-refractivity contribution in [3.63, 3.8) is 0 Å². The molecule has 2 rings (SSSR count). The zero-order valence-corrected chi connectivity index (χ0v) is 12.3. The highest BCUT2D eigenvalue weighted by molar-refractivity contribution is 5.92. The number of hydrogen-bond acceptors (Lipinski definition) is 4. The van der Waals surface area contributed by atoms with Gasteiger partial charge in [0.15, 0.2) is 0 Å². The molecule has 0 spiro atoms. The van der Waals surface area contributed by atoms with Gasteiger partial charge in [-0.2, -0.15) is 0 Å². The highest BCUT2D eigenvalue weighted by Gasteiger charge is 2.39. The largest absolute Gasteiger partial charge is 0.496 e. The number of methoxy groups -OCH3 is 1. The van der Waals surface area contributed by atoms with Crippen LogP contribution in [0, 0.1) is 0 Å². The third-order valence-electron chi connectivity index (χ3n) is 3.78. The normalized spacial score (nSPS) is 25.2. The third-order valence-corrected chi connectivity index (χ3v) is 3.78. The number of para-hydroxylation sites is 1. The second-order valence-electron chi connectivity index (χ2n) is 5.16. The van der Waals surface area contributed by atoms with Gasteiger partial charge in [-0.05, 0) is 19.1 Å². The average molecular weight is 291 g/mol. The molecular weight excluding hydrogens is 270 g/mol. The van der Waals surface area contributed by atoms with Gasteiger partial charge in [0.1, 0.15) is 11.4 Å². The zero-order valence-electron chi connectivity index (χ0n) is 12.3. The lowest BCUT2D eigenvalue weighted by molar-refractivity contribution is -0.118. The Morgan fingerprint density at radius 1 is 1.57 bits per heavy atom. The zero-order chi connectivity index (χ0) is 15.3. The van der Waals surface area contributed by atoms with Gasteiger partial charge in [0.05, 0.1) is 13.2 Å². The summed E-state index contributed by atoms with van der Waals surface area (Å²) in [7, 11) is 1.59. The summed E-state index contributed by atoms with van der Waals surface area (Å²) in [6, 6.07) is 7.44. The molecule has 1 heterocycles. The molecule has 2 atom stereocenters. The summed E-state index contributed by atoms with van der Waals surface area (Å²) in [5.74, 6) is 0.450. The number of carbonyl (C=O) groups excluding carboxylic acids is 1. The fraction of sp³-hybridized carbons (Fsp3) is 0.438. The number of benzene rings is 1. The first-order valence-corrected chi connectivity index (χ1v) is 6.98. The second kappa shape index (κ2) is 6.74. The first kappa shape index (κ1) is 15.5. The summed E-state index contributed by atoms with van der Waals surface area (Å²) in [5, 5.41) is 13.0. The maximum atomic E-state index is 11.8. The minimum atomic E-state index is -0.978. The molecule has 0 bridgehead atoms. The summed E-state index contributed by atoms with van der Waals surface area (Å²) in [5.41, 5.74) is -0.153. The fourth-order valence-electron chi connectivity index (χ4n) is 2.27. The van der Waals surface area contributed by atoms with Crippen LogP contribution in [0.25, 0.3) is 6.08 Å². The molecule has 5 nitrogen and oxygen atoms in total. The maximum absolute atomic E-state index is 11.8. The molecule has 114 valence electrons. The van der Waals surface area contributed by atoms with Crippen LogP contribution in [-0.2, 0) is 9.53 Å². The lowest BCUT2D eigenvalue weighted by Gasteiger charge is -2.25. The Hall–Kier alpha value is -1.85. The van der Waals surface area contributed by atoms with Crippen LogP contribution >= 0.6 is 0 Å². The first-order chi connectivity index (χ1) is 10.0. The molecule has 1 aromatic carbocycles. The lowest BCUT2D eigenvalue weighted by atomic mass is 9.97. The Labute approximate surface area is 124 Å². The molecule has 0 radical (unpaired) electrons. The van der Waals surface area contributed by atoms with Gasteiger partial charge >= 0.3 is 0 Å². The number of ether oxygens (including phenoxy) is 2. The highest BCUT2D eigenvalue weighted by Crippen LogP contribution is 2.24. The van der Waals surface area contributed by atoms with Crippen LogP contribution < -0.4 is 10.1 Å². The predicted molar refractivity (Wildman–Crippen MR) is 80.0 cm³/mol. The van der Waals surface area contributed by atoms with Crippen molar-refractivity contribution in [3.05, 3.63) is 35.9 Å². The molecule has 0 saturated carbocycles. The van der Waals surface area contributed by atoms with Crippen molar-refractivity contribution >= 4 is 12.0 Å². The third kappa shape index (κ3) is 3.83. The van der Waals surface area contributed by atoms with Crippen molar-refractivity contribution in [1.82, 2.24) is 5.32 Å². The number of carbonyl (C=O) groups is 1. The molecule has 1 aromatic rings. The van der Waals surface area contributed by atoms with Crippen molar-refractivity contribution in [2.45, 2.75) is 25.0 Å². The molecular formula is C16H21NO4. The quantitative estimate of drug-likeness (QED) is 0.804. The molecule has 1 aliphatic rings. The van der Waals surface area contributed by atoms with Gasteiger partial charge in [0, 0.05) is 31.2 Å². The van der Waals surface area contributed by atoms with Crippen molar-refractivity contribution < 1.29 is 19.4 Å². The molecule has 21 heavy (non-hydrogen) atoms. The van der Waals surface area contributed by atoms with Crippen molar-refractivity contribution in [2.24, 2.45) is 0 Å². The van der Waals surface area contributed by atoms with Gasteiger partial charge in [-0.1, -0.05) is 18.2 Å². The van der Waals surface area contributed by atoms with Crippen LogP contribution in [0.5, 0.6) is 5.75 Å². The Morgan fingerprint density at radius 2 is 2.33 bits per heavy atom. The molecule has 2 N–H and O–H groups in total. The standard InChI is InChI=1S/C16H21NO4/c1-12-16(19,9-10-21-12)11-17-15(18)8-7-13-5-3-4-6-14(13)20-2/h3-8,12,19H,9-11H2,1-2H3,(H,17,18)/b8-7+. The van der Waals surface area contributed by atoms with Crippen molar-refractivity contribution in [1.29, 1.82) is 0 Å². The van der Waals surface area contributed by atoms with Gasteiger partial charge in [-0.3, -0.25) is 4.79 Å². The SMILES string of the molecule is COc1ccccc1/C=C/C(=O)NCC1(O)CCOC1C. The predicted octanol–water partition coefficient (Wildman–Crippen LogP) is 1.36. The number of nitrogens with one attached hydrogen (secondary N) is 1. The molecule has 0 aliphatic carbocycles.